The van der Waals surface area contributed by atoms with Gasteiger partial charge in [0.15, 0.2) is 11.5 Å². The molecule has 22 heavy (non-hydrogen) atoms. The summed E-state index contributed by atoms with van der Waals surface area (Å²) in [7, 11) is 1.49. The lowest BCUT2D eigenvalue weighted by Crippen LogP contribution is -2.15. The molecule has 0 bridgehead atoms. The van der Waals surface area contributed by atoms with E-state index in [9.17, 15) is 15.0 Å². The number of carbonyl (C=O) groups is 1. The van der Waals surface area contributed by atoms with Crippen LogP contribution in [0.15, 0.2) is 30.3 Å². The summed E-state index contributed by atoms with van der Waals surface area (Å²) in [6, 6.07) is 7.62. The first-order valence-corrected chi connectivity index (χ1v) is 6.93. The van der Waals surface area contributed by atoms with E-state index in [4.69, 9.17) is 16.3 Å². The molecule has 0 aliphatic heterocycles. The average molecular weight is 322 g/mol. The third-order valence-electron chi connectivity index (χ3n) is 3.16. The van der Waals surface area contributed by atoms with Crippen molar-refractivity contribution >= 4 is 23.2 Å². The molecule has 2 aromatic carbocycles. The summed E-state index contributed by atoms with van der Waals surface area (Å²) in [5.74, 6) is -0.285. The Morgan fingerprint density at radius 3 is 2.59 bits per heavy atom. The van der Waals surface area contributed by atoms with Crippen molar-refractivity contribution in [2.75, 3.05) is 12.4 Å². The summed E-state index contributed by atoms with van der Waals surface area (Å²) >= 11 is 6.02. The number of aromatic hydroxyl groups is 2. The van der Waals surface area contributed by atoms with Gasteiger partial charge in [-0.1, -0.05) is 17.7 Å². The van der Waals surface area contributed by atoms with Gasteiger partial charge in [0.05, 0.1) is 19.2 Å². The second-order valence-electron chi connectivity index (χ2n) is 4.85. The maximum atomic E-state index is 12.1. The number of ether oxygens (including phenoxy) is 1. The second-order valence-corrected chi connectivity index (χ2v) is 5.26. The molecule has 116 valence electrons. The Bertz CT molecular complexity index is 716. The van der Waals surface area contributed by atoms with Gasteiger partial charge < -0.3 is 20.3 Å². The number of methoxy groups -OCH3 is 1. The zero-order valence-electron chi connectivity index (χ0n) is 12.2. The van der Waals surface area contributed by atoms with E-state index in [1.165, 1.54) is 19.2 Å². The summed E-state index contributed by atoms with van der Waals surface area (Å²) in [4.78, 5) is 12.1. The predicted molar refractivity (Wildman–Crippen MR) is 84.8 cm³/mol. The molecule has 0 aromatic heterocycles. The molecule has 0 atom stereocenters. The minimum absolute atomic E-state index is 0.0542. The van der Waals surface area contributed by atoms with E-state index >= 15 is 0 Å². The van der Waals surface area contributed by atoms with E-state index in [1.54, 1.807) is 18.2 Å². The lowest BCUT2D eigenvalue weighted by Gasteiger charge is -2.12. The highest BCUT2D eigenvalue weighted by atomic mass is 35.5. The number of benzene rings is 2. The van der Waals surface area contributed by atoms with Crippen molar-refractivity contribution in [1.29, 1.82) is 0 Å². The lowest BCUT2D eigenvalue weighted by atomic mass is 10.1. The first-order valence-electron chi connectivity index (χ1n) is 6.55. The third-order valence-corrected chi connectivity index (χ3v) is 3.57. The Balaban J connectivity index is 2.15. The lowest BCUT2D eigenvalue weighted by molar-refractivity contribution is -0.115. The van der Waals surface area contributed by atoms with Gasteiger partial charge in [0.25, 0.3) is 0 Å². The van der Waals surface area contributed by atoms with Gasteiger partial charge in [-0.3, -0.25) is 4.79 Å². The van der Waals surface area contributed by atoms with Crippen LogP contribution >= 0.6 is 11.6 Å². The van der Waals surface area contributed by atoms with Crippen molar-refractivity contribution in [3.63, 3.8) is 0 Å². The van der Waals surface area contributed by atoms with E-state index in [-0.39, 0.29) is 23.8 Å². The second kappa shape index (κ2) is 6.58. The first-order chi connectivity index (χ1) is 10.4. The fourth-order valence-electron chi connectivity index (χ4n) is 1.99. The molecule has 0 saturated heterocycles. The molecule has 0 fully saturated rings. The van der Waals surface area contributed by atoms with E-state index in [0.29, 0.717) is 22.0 Å². The molecule has 0 saturated carbocycles. The van der Waals surface area contributed by atoms with Gasteiger partial charge in [-0.25, -0.2) is 0 Å². The normalized spacial score (nSPS) is 10.3. The van der Waals surface area contributed by atoms with Crippen LogP contribution in [-0.4, -0.2) is 23.2 Å². The number of halogens is 1. The average Bonchev–Trinajstić information content (AvgIpc) is 2.46. The number of rotatable bonds is 4. The van der Waals surface area contributed by atoms with Crippen LogP contribution in [0.3, 0.4) is 0 Å². The number of phenolic OH excluding ortho intramolecular Hbond substituents is 2. The maximum Gasteiger partial charge on any atom is 0.228 e. The number of nitrogens with one attached hydrogen (secondary N) is 1. The number of amides is 1. The standard InChI is InChI=1S/C16H16ClNO4/c1-9-5-12(15(22-2)8-11(9)17)18-16(21)7-10-3-4-13(19)14(20)6-10/h3-6,8,19-20H,7H2,1-2H3,(H,18,21). The van der Waals surface area contributed by atoms with E-state index in [0.717, 1.165) is 5.56 Å². The molecule has 0 heterocycles. The van der Waals surface area contributed by atoms with Crippen molar-refractivity contribution in [2.45, 2.75) is 13.3 Å². The summed E-state index contributed by atoms with van der Waals surface area (Å²) in [6.07, 6.45) is 0.0542. The van der Waals surface area contributed by atoms with Crippen LogP contribution in [0.1, 0.15) is 11.1 Å². The van der Waals surface area contributed by atoms with Gasteiger partial charge >= 0.3 is 0 Å². The van der Waals surface area contributed by atoms with Crippen LogP contribution in [0.5, 0.6) is 17.2 Å². The summed E-state index contributed by atoms with van der Waals surface area (Å²) in [6.45, 7) is 1.83. The molecule has 0 aliphatic carbocycles. The minimum atomic E-state index is -0.273. The summed E-state index contributed by atoms with van der Waals surface area (Å²) in [5, 5.41) is 22.0. The highest BCUT2D eigenvalue weighted by molar-refractivity contribution is 6.31. The fourth-order valence-corrected chi connectivity index (χ4v) is 2.14. The summed E-state index contributed by atoms with van der Waals surface area (Å²) in [5.41, 5.74) is 1.93. The van der Waals surface area contributed by atoms with Crippen molar-refractivity contribution in [3.05, 3.63) is 46.5 Å². The third kappa shape index (κ3) is 3.62. The summed E-state index contributed by atoms with van der Waals surface area (Å²) < 4.78 is 5.19. The number of anilines is 1. The Labute approximate surface area is 133 Å². The Kier molecular flexibility index (Phi) is 4.78. The molecular formula is C16H16ClNO4. The van der Waals surface area contributed by atoms with E-state index in [1.807, 2.05) is 6.92 Å². The van der Waals surface area contributed by atoms with Crippen LogP contribution in [0.4, 0.5) is 5.69 Å². The van der Waals surface area contributed by atoms with Crippen LogP contribution < -0.4 is 10.1 Å². The molecule has 2 rings (SSSR count). The van der Waals surface area contributed by atoms with E-state index in [2.05, 4.69) is 5.32 Å². The highest BCUT2D eigenvalue weighted by Gasteiger charge is 2.11. The van der Waals surface area contributed by atoms with Crippen LogP contribution in [0, 0.1) is 6.92 Å². The largest absolute Gasteiger partial charge is 0.504 e. The topological polar surface area (TPSA) is 78.8 Å². The fraction of sp³-hybridized carbons (Fsp3) is 0.188. The van der Waals surface area contributed by atoms with E-state index < -0.39 is 0 Å². The molecule has 0 aliphatic rings. The zero-order valence-corrected chi connectivity index (χ0v) is 12.9. The Morgan fingerprint density at radius 1 is 1.23 bits per heavy atom. The molecule has 3 N–H and O–H groups in total. The Morgan fingerprint density at radius 2 is 1.95 bits per heavy atom. The quantitative estimate of drug-likeness (QED) is 0.755. The van der Waals surface area contributed by atoms with Crippen molar-refractivity contribution in [3.8, 4) is 17.2 Å². The van der Waals surface area contributed by atoms with Crippen LogP contribution in [0.25, 0.3) is 0 Å². The monoisotopic (exact) mass is 321 g/mol. The van der Waals surface area contributed by atoms with Gasteiger partial charge in [0, 0.05) is 11.1 Å². The number of phenols is 2. The van der Waals surface area contributed by atoms with Crippen molar-refractivity contribution in [2.24, 2.45) is 0 Å². The molecule has 5 nitrogen and oxygen atoms in total. The van der Waals surface area contributed by atoms with Crippen LogP contribution in [-0.2, 0) is 11.2 Å². The molecule has 0 spiro atoms. The molecule has 1 amide bonds. The smallest absolute Gasteiger partial charge is 0.228 e. The van der Waals surface area contributed by atoms with Gasteiger partial charge in [0.1, 0.15) is 5.75 Å². The number of aryl methyl sites for hydroxylation is 1. The number of carbonyl (C=O) groups excluding carboxylic acids is 1. The highest BCUT2D eigenvalue weighted by Crippen LogP contribution is 2.31. The minimum Gasteiger partial charge on any atom is -0.504 e. The molecular weight excluding hydrogens is 306 g/mol. The van der Waals surface area contributed by atoms with Gasteiger partial charge in [-0.05, 0) is 36.2 Å². The molecule has 0 unspecified atom stereocenters. The predicted octanol–water partition coefficient (Wildman–Crippen LogP) is 3.25. The van der Waals surface area contributed by atoms with Gasteiger partial charge in [-0.2, -0.15) is 0 Å². The maximum absolute atomic E-state index is 12.1. The molecule has 0 radical (unpaired) electrons. The number of hydrogen-bond donors (Lipinski definition) is 3. The molecule has 2 aromatic rings. The van der Waals surface area contributed by atoms with Crippen molar-refractivity contribution in [1.82, 2.24) is 0 Å². The van der Waals surface area contributed by atoms with Gasteiger partial charge in [-0.15, -0.1) is 0 Å². The number of hydrogen-bond acceptors (Lipinski definition) is 4. The van der Waals surface area contributed by atoms with Gasteiger partial charge in [0.2, 0.25) is 5.91 Å². The Hall–Kier alpha value is -2.40. The molecule has 6 heteroatoms. The first kappa shape index (κ1) is 16.0. The van der Waals surface area contributed by atoms with Crippen LogP contribution in [0.2, 0.25) is 5.02 Å². The SMILES string of the molecule is COc1cc(Cl)c(C)cc1NC(=O)Cc1ccc(O)c(O)c1. The zero-order chi connectivity index (χ0) is 16.3. The van der Waals surface area contributed by atoms with Crippen molar-refractivity contribution < 1.29 is 19.7 Å².